The Balaban J connectivity index is 2.05. The van der Waals surface area contributed by atoms with Crippen molar-refractivity contribution >= 4 is 12.4 Å². The van der Waals surface area contributed by atoms with E-state index in [4.69, 9.17) is 4.74 Å². The van der Waals surface area contributed by atoms with E-state index in [-0.39, 0.29) is 6.09 Å². The zero-order valence-corrected chi connectivity index (χ0v) is 9.67. The molecule has 0 aromatic carbocycles. The van der Waals surface area contributed by atoms with Crippen molar-refractivity contribution in [2.45, 2.75) is 26.4 Å². The molecule has 2 aliphatic heterocycles. The standard InChI is InChI=1S/C11H15N3O2/c1-11(2,3)16-10(15)13-4-5-14-8-12-6-9(14)7-13/h4-5,7-8H,6H2,1-3H3. The number of carbonyl (C=O) groups excluding carboxylic acids is 1. The Labute approximate surface area is 94.7 Å². The van der Waals surface area contributed by atoms with E-state index in [1.807, 2.05) is 25.7 Å². The van der Waals surface area contributed by atoms with E-state index in [1.165, 1.54) is 4.90 Å². The molecule has 0 atom stereocenters. The van der Waals surface area contributed by atoms with Crippen LogP contribution in [0.5, 0.6) is 0 Å². The first-order valence-corrected chi connectivity index (χ1v) is 5.14. The number of rotatable bonds is 0. The third kappa shape index (κ3) is 2.24. The third-order valence-corrected chi connectivity index (χ3v) is 2.07. The maximum Gasteiger partial charge on any atom is 0.418 e. The molecule has 2 rings (SSSR count). The Kier molecular flexibility index (Phi) is 2.46. The van der Waals surface area contributed by atoms with Crippen LogP contribution in [0.3, 0.4) is 0 Å². The van der Waals surface area contributed by atoms with Crippen LogP contribution in [0.4, 0.5) is 4.79 Å². The molecule has 86 valence electrons. The summed E-state index contributed by atoms with van der Waals surface area (Å²) in [4.78, 5) is 19.2. The van der Waals surface area contributed by atoms with E-state index in [1.54, 1.807) is 24.9 Å². The first kappa shape index (κ1) is 10.7. The Morgan fingerprint density at radius 2 is 2.19 bits per heavy atom. The minimum Gasteiger partial charge on any atom is -0.443 e. The molecule has 0 saturated heterocycles. The summed E-state index contributed by atoms with van der Waals surface area (Å²) in [5, 5.41) is 0. The molecule has 16 heavy (non-hydrogen) atoms. The molecule has 0 aliphatic carbocycles. The van der Waals surface area contributed by atoms with Crippen molar-refractivity contribution in [3.63, 3.8) is 0 Å². The summed E-state index contributed by atoms with van der Waals surface area (Å²) in [6.07, 6.45) is 6.54. The second kappa shape index (κ2) is 3.66. The monoisotopic (exact) mass is 221 g/mol. The van der Waals surface area contributed by atoms with Gasteiger partial charge >= 0.3 is 6.09 Å². The highest BCUT2D eigenvalue weighted by Gasteiger charge is 2.23. The number of amides is 1. The van der Waals surface area contributed by atoms with Crippen molar-refractivity contribution in [3.05, 3.63) is 24.3 Å². The lowest BCUT2D eigenvalue weighted by Crippen LogP contribution is -2.33. The van der Waals surface area contributed by atoms with Crippen LogP contribution in [0, 0.1) is 0 Å². The average Bonchev–Trinajstić information content (AvgIpc) is 2.61. The van der Waals surface area contributed by atoms with Crippen LogP contribution in [-0.2, 0) is 4.74 Å². The molecule has 0 aromatic rings. The zero-order chi connectivity index (χ0) is 11.8. The molecule has 5 nitrogen and oxygen atoms in total. The summed E-state index contributed by atoms with van der Waals surface area (Å²) in [5.74, 6) is 0. The highest BCUT2D eigenvalue weighted by Crippen LogP contribution is 2.18. The minimum atomic E-state index is -0.479. The van der Waals surface area contributed by atoms with E-state index >= 15 is 0 Å². The minimum absolute atomic E-state index is 0.372. The molecule has 0 fully saturated rings. The highest BCUT2D eigenvalue weighted by molar-refractivity contribution is 5.73. The number of carbonyl (C=O) groups is 1. The van der Waals surface area contributed by atoms with Crippen molar-refractivity contribution in [1.29, 1.82) is 0 Å². The first-order valence-electron chi connectivity index (χ1n) is 5.14. The largest absolute Gasteiger partial charge is 0.443 e. The summed E-state index contributed by atoms with van der Waals surface area (Å²) in [5.41, 5.74) is 0.487. The van der Waals surface area contributed by atoms with Gasteiger partial charge in [0.25, 0.3) is 0 Å². The zero-order valence-electron chi connectivity index (χ0n) is 9.67. The van der Waals surface area contributed by atoms with Crippen LogP contribution in [0.25, 0.3) is 0 Å². The van der Waals surface area contributed by atoms with Gasteiger partial charge in [0.1, 0.15) is 5.60 Å². The molecular weight excluding hydrogens is 206 g/mol. The van der Waals surface area contributed by atoms with Crippen LogP contribution < -0.4 is 0 Å². The molecule has 0 unspecified atom stereocenters. The highest BCUT2D eigenvalue weighted by atomic mass is 16.6. The Hall–Kier alpha value is -1.78. The number of fused-ring (bicyclic) bond motifs is 1. The van der Waals surface area contributed by atoms with Crippen LogP contribution in [0.2, 0.25) is 0 Å². The molecule has 0 N–H and O–H groups in total. The number of aliphatic imine (C=N–C) groups is 1. The molecule has 0 saturated carbocycles. The van der Waals surface area contributed by atoms with Crippen LogP contribution >= 0.6 is 0 Å². The van der Waals surface area contributed by atoms with Gasteiger partial charge in [0, 0.05) is 18.6 Å². The predicted molar refractivity (Wildman–Crippen MR) is 60.5 cm³/mol. The topological polar surface area (TPSA) is 45.1 Å². The molecule has 0 spiro atoms. The Bertz CT molecular complexity index is 391. The maximum absolute atomic E-state index is 11.8. The van der Waals surface area contributed by atoms with Crippen molar-refractivity contribution in [1.82, 2.24) is 9.80 Å². The van der Waals surface area contributed by atoms with E-state index in [0.29, 0.717) is 6.54 Å². The summed E-state index contributed by atoms with van der Waals surface area (Å²) in [6, 6.07) is 0. The molecule has 2 heterocycles. The Morgan fingerprint density at radius 3 is 2.88 bits per heavy atom. The number of hydrogen-bond acceptors (Lipinski definition) is 4. The summed E-state index contributed by atoms with van der Waals surface area (Å²) >= 11 is 0. The summed E-state index contributed by atoms with van der Waals surface area (Å²) < 4.78 is 5.26. The van der Waals surface area contributed by atoms with E-state index in [0.717, 1.165) is 5.70 Å². The van der Waals surface area contributed by atoms with Gasteiger partial charge in [-0.1, -0.05) is 0 Å². The smallest absolute Gasteiger partial charge is 0.418 e. The maximum atomic E-state index is 11.8. The van der Waals surface area contributed by atoms with E-state index in [9.17, 15) is 4.79 Å². The van der Waals surface area contributed by atoms with Crippen molar-refractivity contribution in [2.24, 2.45) is 4.99 Å². The van der Waals surface area contributed by atoms with E-state index in [2.05, 4.69) is 4.99 Å². The normalized spacial score (nSPS) is 18.6. The molecule has 0 aromatic heterocycles. The van der Waals surface area contributed by atoms with Gasteiger partial charge in [-0.05, 0) is 20.8 Å². The molecule has 1 amide bonds. The van der Waals surface area contributed by atoms with Crippen LogP contribution in [0.15, 0.2) is 29.3 Å². The SMILES string of the molecule is CC(C)(C)OC(=O)N1C=CN2C=NCC2=C1. The number of hydrogen-bond donors (Lipinski definition) is 0. The van der Waals surface area contributed by atoms with Crippen molar-refractivity contribution in [2.75, 3.05) is 6.54 Å². The van der Waals surface area contributed by atoms with Gasteiger partial charge in [-0.3, -0.25) is 9.89 Å². The molecule has 5 heteroatoms. The van der Waals surface area contributed by atoms with Gasteiger partial charge in [0.05, 0.1) is 18.6 Å². The van der Waals surface area contributed by atoms with Gasteiger partial charge in [0.15, 0.2) is 0 Å². The quantitative estimate of drug-likeness (QED) is 0.627. The molecular formula is C11H15N3O2. The lowest BCUT2D eigenvalue weighted by molar-refractivity contribution is 0.0393. The molecule has 2 aliphatic rings. The fraction of sp³-hybridized carbons (Fsp3) is 0.455. The Morgan fingerprint density at radius 1 is 1.44 bits per heavy atom. The molecule has 0 radical (unpaired) electrons. The van der Waals surface area contributed by atoms with Gasteiger partial charge in [-0.15, -0.1) is 0 Å². The fourth-order valence-electron chi connectivity index (χ4n) is 1.40. The summed E-state index contributed by atoms with van der Waals surface area (Å²) in [6.45, 7) is 6.13. The predicted octanol–water partition coefficient (Wildman–Crippen LogP) is 1.89. The van der Waals surface area contributed by atoms with Crippen LogP contribution in [0.1, 0.15) is 20.8 Å². The van der Waals surface area contributed by atoms with Crippen molar-refractivity contribution in [3.8, 4) is 0 Å². The lowest BCUT2D eigenvalue weighted by atomic mass is 10.2. The third-order valence-electron chi connectivity index (χ3n) is 2.07. The van der Waals surface area contributed by atoms with Gasteiger partial charge < -0.3 is 9.64 Å². The number of nitrogens with zero attached hydrogens (tertiary/aromatic N) is 3. The second-order valence-electron chi connectivity index (χ2n) is 4.67. The van der Waals surface area contributed by atoms with Gasteiger partial charge in [-0.2, -0.15) is 0 Å². The van der Waals surface area contributed by atoms with Gasteiger partial charge in [0.2, 0.25) is 0 Å². The van der Waals surface area contributed by atoms with Crippen molar-refractivity contribution < 1.29 is 9.53 Å². The fourth-order valence-corrected chi connectivity index (χ4v) is 1.40. The average molecular weight is 221 g/mol. The number of ether oxygens (including phenoxy) is 1. The summed E-state index contributed by atoms with van der Waals surface area (Å²) in [7, 11) is 0. The van der Waals surface area contributed by atoms with E-state index < -0.39 is 5.60 Å². The lowest BCUT2D eigenvalue weighted by Gasteiger charge is -2.26. The van der Waals surface area contributed by atoms with Gasteiger partial charge in [-0.25, -0.2) is 4.79 Å². The second-order valence-corrected chi connectivity index (χ2v) is 4.67. The molecule has 0 bridgehead atoms. The first-order chi connectivity index (χ1) is 7.46. The van der Waals surface area contributed by atoms with Crippen LogP contribution in [-0.4, -0.2) is 34.4 Å².